The number of alkyl halides is 1. The SMILES string of the molecule is CC[C@@H]1OC(=O)[C@@](C)(F)C(=O)[C@H](C)[C@@H](OC2O[C@H](C)C[C@H](N(C)C)C2O)[C@@](C)(OCC#Cc2cnc3ccccc3c2)C[C@@H](C)/C(=N\OC)[C@@H](C)[C@H]2NC(=O)O[C@@H]21. The number of amides is 1. The number of nitrogens with zero attached hydrogens (tertiary/aromatic N) is 3. The molecule has 14 nitrogen and oxygen atoms in total. The van der Waals surface area contributed by atoms with Gasteiger partial charge in [0.2, 0.25) is 0 Å². The number of ether oxygens (including phenoxy) is 5. The van der Waals surface area contributed by atoms with E-state index in [2.05, 4.69) is 27.3 Å². The number of halogens is 1. The van der Waals surface area contributed by atoms with Crippen LogP contribution in [0, 0.1) is 29.6 Å². The molecule has 4 heterocycles. The average molecular weight is 797 g/mol. The lowest BCUT2D eigenvalue weighted by molar-refractivity contribution is -0.296. The van der Waals surface area contributed by atoms with Crippen LogP contribution in [0.3, 0.4) is 0 Å². The minimum absolute atomic E-state index is 0.0906. The minimum Gasteiger partial charge on any atom is -0.456 e. The number of hydrogen-bond donors (Lipinski definition) is 2. The second-order valence-electron chi connectivity index (χ2n) is 16.1. The van der Waals surface area contributed by atoms with Crippen molar-refractivity contribution < 1.29 is 52.4 Å². The highest BCUT2D eigenvalue weighted by molar-refractivity contribution is 6.08. The van der Waals surface area contributed by atoms with Crippen LogP contribution < -0.4 is 5.32 Å². The summed E-state index contributed by atoms with van der Waals surface area (Å²) in [5.74, 6) is 1.13. The van der Waals surface area contributed by atoms with Crippen molar-refractivity contribution in [1.29, 1.82) is 0 Å². The Morgan fingerprint density at radius 1 is 1.11 bits per heavy atom. The number of fused-ring (bicyclic) bond motifs is 2. The highest BCUT2D eigenvalue weighted by atomic mass is 19.1. The molecule has 15 heteroatoms. The Kier molecular flexibility index (Phi) is 14.0. The summed E-state index contributed by atoms with van der Waals surface area (Å²) in [6.45, 7) is 11.1. The lowest BCUT2D eigenvalue weighted by atomic mass is 9.74. The van der Waals surface area contributed by atoms with Crippen LogP contribution in [0.4, 0.5) is 9.18 Å². The first kappa shape index (κ1) is 43.9. The molecular weight excluding hydrogens is 739 g/mol. The third-order valence-corrected chi connectivity index (χ3v) is 11.5. The van der Waals surface area contributed by atoms with Gasteiger partial charge in [-0.2, -0.15) is 0 Å². The molecule has 3 aliphatic heterocycles. The number of likely N-dealkylation sites (N-methyl/N-ethyl adjacent to an activating group) is 1. The van der Waals surface area contributed by atoms with Gasteiger partial charge in [-0.15, -0.1) is 0 Å². The first-order valence-corrected chi connectivity index (χ1v) is 19.6. The third kappa shape index (κ3) is 9.58. The molecule has 0 bridgehead atoms. The Bertz CT molecular complexity index is 1860. The van der Waals surface area contributed by atoms with Crippen molar-refractivity contribution in [1.82, 2.24) is 15.2 Å². The number of aliphatic hydroxyl groups is 1. The lowest BCUT2D eigenvalue weighted by Crippen LogP contribution is -2.61. The van der Waals surface area contributed by atoms with Gasteiger partial charge in [0.05, 0.1) is 35.1 Å². The molecule has 0 saturated carbocycles. The molecular formula is C42H57FN4O10. The molecule has 0 aliphatic carbocycles. The molecule has 1 amide bonds. The number of pyridine rings is 1. The molecule has 3 saturated heterocycles. The Balaban J connectivity index is 1.62. The number of carbonyl (C=O) groups is 3. The zero-order chi connectivity index (χ0) is 41.8. The number of nitrogens with one attached hydrogen (secondary N) is 1. The Morgan fingerprint density at radius 3 is 2.51 bits per heavy atom. The number of oxime groups is 1. The van der Waals surface area contributed by atoms with Gasteiger partial charge in [-0.25, -0.2) is 14.0 Å². The standard InChI is InChI=1S/C42H57FN4O10/c1-11-31-35-33(45-40(51)56-35)25(4)32(46-52-10)23(2)21-41(6,53-18-14-15-27-20-28-16-12-13-17-29(28)44-22-27)37(26(5)36(49)42(7,43)39(50)55-31)57-38-34(48)30(47(8)9)19-24(3)54-38/h12-13,16-17,20,22-26,30-31,33-35,37-38,48H,11,18-19,21H2,1-10H3,(H,45,51)/b46-32+/t23-,24-,25-,26+,30+,31+,33-,34?,35-,37-,38?,41+,42+/m1/s1. The number of esters is 1. The summed E-state index contributed by atoms with van der Waals surface area (Å²) in [5.41, 5.74) is -2.69. The monoisotopic (exact) mass is 796 g/mol. The predicted octanol–water partition coefficient (Wildman–Crippen LogP) is 4.58. The molecule has 1 aromatic carbocycles. The summed E-state index contributed by atoms with van der Waals surface area (Å²) < 4.78 is 47.6. The molecule has 3 fully saturated rings. The van der Waals surface area contributed by atoms with Gasteiger partial charge in [-0.05, 0) is 66.3 Å². The number of aromatic nitrogens is 1. The van der Waals surface area contributed by atoms with Gasteiger partial charge in [0, 0.05) is 40.9 Å². The van der Waals surface area contributed by atoms with E-state index in [0.29, 0.717) is 17.7 Å². The second-order valence-corrected chi connectivity index (χ2v) is 16.1. The molecule has 57 heavy (non-hydrogen) atoms. The van der Waals surface area contributed by atoms with Crippen molar-refractivity contribution >= 4 is 34.5 Å². The average Bonchev–Trinajstić information content (AvgIpc) is 3.57. The topological polar surface area (TPSA) is 167 Å². The number of alkyl carbamates (subject to hydrolysis) is 1. The van der Waals surface area contributed by atoms with Crippen molar-refractivity contribution in [3.63, 3.8) is 0 Å². The zero-order valence-corrected chi connectivity index (χ0v) is 34.5. The molecule has 2 aromatic rings. The van der Waals surface area contributed by atoms with E-state index in [9.17, 15) is 19.5 Å². The first-order chi connectivity index (χ1) is 26.9. The number of carbonyl (C=O) groups excluding carboxylic acids is 3. The van der Waals surface area contributed by atoms with Crippen molar-refractivity contribution in [3.8, 4) is 11.8 Å². The van der Waals surface area contributed by atoms with Gasteiger partial charge in [-0.1, -0.05) is 62.9 Å². The number of cyclic esters (lactones) is 1. The fourth-order valence-electron chi connectivity index (χ4n) is 8.41. The molecule has 1 aromatic heterocycles. The van der Waals surface area contributed by atoms with E-state index in [1.165, 1.54) is 14.0 Å². The van der Waals surface area contributed by atoms with Crippen LogP contribution in [0.5, 0.6) is 0 Å². The van der Waals surface area contributed by atoms with Gasteiger partial charge in [0.15, 0.2) is 18.2 Å². The summed E-state index contributed by atoms with van der Waals surface area (Å²) >= 11 is 0. The maximum absolute atomic E-state index is 16.8. The summed E-state index contributed by atoms with van der Waals surface area (Å²) in [4.78, 5) is 52.5. The number of aliphatic hydroxyl groups excluding tert-OH is 1. The van der Waals surface area contributed by atoms with Crippen LogP contribution in [-0.4, -0.2) is 127 Å². The number of para-hydroxylation sites is 1. The highest BCUT2D eigenvalue weighted by Gasteiger charge is 2.56. The molecule has 312 valence electrons. The molecule has 2 N–H and O–H groups in total. The van der Waals surface area contributed by atoms with Gasteiger partial charge in [-0.3, -0.25) is 9.78 Å². The predicted molar refractivity (Wildman–Crippen MR) is 209 cm³/mol. The fraction of sp³-hybridized carbons (Fsp3) is 0.643. The smallest absolute Gasteiger partial charge is 0.407 e. The number of Topliss-reactive ketones (excluding diaryl/α,β-unsaturated/α-hetero) is 1. The molecule has 0 spiro atoms. The highest BCUT2D eigenvalue weighted by Crippen LogP contribution is 2.39. The Hall–Kier alpha value is -4.20. The third-order valence-electron chi connectivity index (χ3n) is 11.5. The molecule has 5 rings (SSSR count). The normalized spacial score (nSPS) is 37.4. The van der Waals surface area contributed by atoms with Crippen LogP contribution in [0.2, 0.25) is 0 Å². The zero-order valence-electron chi connectivity index (χ0n) is 34.5. The number of hydrogen-bond acceptors (Lipinski definition) is 13. The maximum atomic E-state index is 16.8. The summed E-state index contributed by atoms with van der Waals surface area (Å²) in [6.07, 6.45) is -4.60. The summed E-state index contributed by atoms with van der Waals surface area (Å²) in [7, 11) is 5.07. The summed E-state index contributed by atoms with van der Waals surface area (Å²) in [5, 5.41) is 19.7. The van der Waals surface area contributed by atoms with Crippen LogP contribution >= 0.6 is 0 Å². The molecule has 13 atom stereocenters. The van der Waals surface area contributed by atoms with Gasteiger partial charge in [0.1, 0.15) is 25.9 Å². The molecule has 2 unspecified atom stereocenters. The van der Waals surface area contributed by atoms with Crippen molar-refractivity contribution in [2.45, 2.75) is 128 Å². The van der Waals surface area contributed by atoms with Crippen molar-refractivity contribution in [3.05, 3.63) is 42.1 Å². The van der Waals surface area contributed by atoms with Crippen LogP contribution in [-0.2, 0) is 38.1 Å². The number of ketones is 1. The first-order valence-electron chi connectivity index (χ1n) is 19.6. The van der Waals surface area contributed by atoms with Gasteiger partial charge in [0.25, 0.3) is 5.67 Å². The number of benzene rings is 1. The van der Waals surface area contributed by atoms with E-state index >= 15 is 4.39 Å². The summed E-state index contributed by atoms with van der Waals surface area (Å²) in [6, 6.07) is 8.43. The van der Waals surface area contributed by atoms with Gasteiger partial charge >= 0.3 is 12.1 Å². The Labute approximate surface area is 334 Å². The van der Waals surface area contributed by atoms with E-state index in [1.54, 1.807) is 20.0 Å². The van der Waals surface area contributed by atoms with Crippen LogP contribution in [0.25, 0.3) is 10.9 Å². The van der Waals surface area contributed by atoms with E-state index in [0.717, 1.165) is 17.8 Å². The fourth-order valence-corrected chi connectivity index (χ4v) is 8.41. The lowest BCUT2D eigenvalue weighted by Gasteiger charge is -2.47. The quantitative estimate of drug-likeness (QED) is 0.174. The van der Waals surface area contributed by atoms with Gasteiger partial charge < -0.3 is 43.8 Å². The maximum Gasteiger partial charge on any atom is 0.407 e. The Morgan fingerprint density at radius 2 is 1.82 bits per heavy atom. The largest absolute Gasteiger partial charge is 0.456 e. The molecule has 3 aliphatic rings. The van der Waals surface area contributed by atoms with Crippen LogP contribution in [0.1, 0.15) is 73.3 Å². The second kappa shape index (κ2) is 18.2. The molecule has 0 radical (unpaired) electrons. The van der Waals surface area contributed by atoms with E-state index < -0.39 is 83.6 Å². The number of rotatable bonds is 7. The van der Waals surface area contributed by atoms with E-state index in [-0.39, 0.29) is 31.6 Å². The van der Waals surface area contributed by atoms with Crippen LogP contribution in [0.15, 0.2) is 41.7 Å². The van der Waals surface area contributed by atoms with Crippen molar-refractivity contribution in [2.75, 3.05) is 27.8 Å². The minimum atomic E-state index is -3.17. The van der Waals surface area contributed by atoms with E-state index in [1.807, 2.05) is 70.1 Å². The van der Waals surface area contributed by atoms with E-state index in [4.69, 9.17) is 28.5 Å². The van der Waals surface area contributed by atoms with Crippen molar-refractivity contribution in [2.24, 2.45) is 22.9 Å².